The number of benzene rings is 1. The largest absolute Gasteiger partial charge is 0.399 e. The van der Waals surface area contributed by atoms with Crippen molar-refractivity contribution in [2.75, 3.05) is 12.3 Å². The van der Waals surface area contributed by atoms with Gasteiger partial charge in [-0.15, -0.1) is 0 Å². The molecular weight excluding hydrogens is 212 g/mol. The van der Waals surface area contributed by atoms with Crippen molar-refractivity contribution < 1.29 is 4.79 Å². The summed E-state index contributed by atoms with van der Waals surface area (Å²) in [6, 6.07) is 8.09. The van der Waals surface area contributed by atoms with Gasteiger partial charge >= 0.3 is 0 Å². The number of rotatable bonds is 3. The van der Waals surface area contributed by atoms with E-state index in [0.717, 1.165) is 31.5 Å². The standard InChI is InChI=1S/C10H15N.C4H7NO/c1-2-3-6-9-7-4-5-8-10(9)11;6-4-2-1-3-5-4/h4-5,7-8H,2-3,6,11H2,1H3;1-3H2,(H,5,6). The zero-order valence-electron chi connectivity index (χ0n) is 10.5. The summed E-state index contributed by atoms with van der Waals surface area (Å²) in [7, 11) is 0. The number of nitrogens with one attached hydrogen (secondary N) is 1. The van der Waals surface area contributed by atoms with E-state index in [1.165, 1.54) is 18.4 Å². The zero-order valence-corrected chi connectivity index (χ0v) is 10.5. The van der Waals surface area contributed by atoms with E-state index in [9.17, 15) is 4.79 Å². The molecule has 1 aromatic carbocycles. The van der Waals surface area contributed by atoms with Crippen molar-refractivity contribution in [2.24, 2.45) is 0 Å². The highest BCUT2D eigenvalue weighted by Gasteiger charge is 2.05. The molecule has 94 valence electrons. The van der Waals surface area contributed by atoms with E-state index in [2.05, 4.69) is 18.3 Å². The summed E-state index contributed by atoms with van der Waals surface area (Å²) in [4.78, 5) is 10.1. The highest BCUT2D eigenvalue weighted by atomic mass is 16.1. The first kappa shape index (κ1) is 13.6. The van der Waals surface area contributed by atoms with Gasteiger partial charge in [0.2, 0.25) is 5.91 Å². The first-order chi connectivity index (χ1) is 8.24. The summed E-state index contributed by atoms with van der Waals surface area (Å²) in [5.74, 6) is 0.204. The SMILES string of the molecule is CCCCc1ccccc1N.O=C1CCCN1. The second-order valence-corrected chi connectivity index (χ2v) is 4.26. The predicted octanol–water partition coefficient (Wildman–Crippen LogP) is 2.51. The van der Waals surface area contributed by atoms with Crippen LogP contribution < -0.4 is 11.1 Å². The second kappa shape index (κ2) is 7.71. The number of hydrogen-bond donors (Lipinski definition) is 2. The molecule has 2 rings (SSSR count). The third kappa shape index (κ3) is 5.38. The maximum Gasteiger partial charge on any atom is 0.220 e. The molecule has 17 heavy (non-hydrogen) atoms. The molecule has 0 atom stereocenters. The summed E-state index contributed by atoms with van der Waals surface area (Å²) < 4.78 is 0. The van der Waals surface area contributed by atoms with E-state index < -0.39 is 0 Å². The van der Waals surface area contributed by atoms with Gasteiger partial charge in [-0.2, -0.15) is 0 Å². The third-order valence-electron chi connectivity index (χ3n) is 2.76. The van der Waals surface area contributed by atoms with E-state index in [1.54, 1.807) is 0 Å². The van der Waals surface area contributed by atoms with E-state index in [4.69, 9.17) is 5.73 Å². The molecule has 1 amide bonds. The Morgan fingerprint density at radius 3 is 2.59 bits per heavy atom. The Labute approximate surface area is 103 Å². The predicted molar refractivity (Wildman–Crippen MR) is 71.7 cm³/mol. The van der Waals surface area contributed by atoms with Gasteiger partial charge in [-0.05, 0) is 30.9 Å². The summed E-state index contributed by atoms with van der Waals surface area (Å²) >= 11 is 0. The lowest BCUT2D eigenvalue weighted by Crippen LogP contribution is -2.12. The number of nitrogen functional groups attached to an aromatic ring is 1. The van der Waals surface area contributed by atoms with Crippen LogP contribution in [0, 0.1) is 0 Å². The molecule has 0 aromatic heterocycles. The van der Waals surface area contributed by atoms with Gasteiger partial charge in [0.1, 0.15) is 0 Å². The average Bonchev–Trinajstić information content (AvgIpc) is 2.80. The van der Waals surface area contributed by atoms with E-state index in [-0.39, 0.29) is 5.91 Å². The minimum atomic E-state index is 0.204. The Morgan fingerprint density at radius 2 is 2.12 bits per heavy atom. The number of para-hydroxylation sites is 1. The first-order valence-electron chi connectivity index (χ1n) is 6.34. The number of unbranched alkanes of at least 4 members (excludes halogenated alkanes) is 1. The highest BCUT2D eigenvalue weighted by Crippen LogP contribution is 2.12. The number of aryl methyl sites for hydroxylation is 1. The van der Waals surface area contributed by atoms with Crippen LogP contribution in [0.4, 0.5) is 5.69 Å². The van der Waals surface area contributed by atoms with Crippen molar-refractivity contribution in [3.63, 3.8) is 0 Å². The average molecular weight is 234 g/mol. The minimum Gasteiger partial charge on any atom is -0.399 e. The van der Waals surface area contributed by atoms with Crippen molar-refractivity contribution in [1.29, 1.82) is 0 Å². The van der Waals surface area contributed by atoms with Crippen molar-refractivity contribution in [2.45, 2.75) is 39.0 Å². The van der Waals surface area contributed by atoms with Gasteiger partial charge in [0.05, 0.1) is 0 Å². The summed E-state index contributed by atoms with van der Waals surface area (Å²) in [6.07, 6.45) is 5.34. The van der Waals surface area contributed by atoms with Crippen LogP contribution in [0.2, 0.25) is 0 Å². The number of hydrogen-bond acceptors (Lipinski definition) is 2. The fraction of sp³-hybridized carbons (Fsp3) is 0.500. The van der Waals surface area contributed by atoms with Crippen LogP contribution in [0.1, 0.15) is 38.2 Å². The lowest BCUT2D eigenvalue weighted by molar-refractivity contribution is -0.119. The quantitative estimate of drug-likeness (QED) is 0.789. The molecule has 0 bridgehead atoms. The Hall–Kier alpha value is -1.51. The summed E-state index contributed by atoms with van der Waals surface area (Å²) in [5.41, 5.74) is 7.98. The molecule has 0 radical (unpaired) electrons. The van der Waals surface area contributed by atoms with Crippen molar-refractivity contribution in [3.8, 4) is 0 Å². The highest BCUT2D eigenvalue weighted by molar-refractivity contribution is 5.77. The Bertz CT molecular complexity index is 342. The molecule has 3 heteroatoms. The van der Waals surface area contributed by atoms with Gasteiger partial charge < -0.3 is 11.1 Å². The lowest BCUT2D eigenvalue weighted by atomic mass is 10.1. The number of anilines is 1. The Kier molecular flexibility index (Phi) is 6.15. The molecule has 1 aliphatic heterocycles. The van der Waals surface area contributed by atoms with Gasteiger partial charge in [0, 0.05) is 18.7 Å². The molecule has 3 nitrogen and oxygen atoms in total. The van der Waals surface area contributed by atoms with Crippen LogP contribution in [0.25, 0.3) is 0 Å². The topological polar surface area (TPSA) is 55.1 Å². The smallest absolute Gasteiger partial charge is 0.220 e. The van der Waals surface area contributed by atoms with Crippen LogP contribution in [-0.4, -0.2) is 12.5 Å². The second-order valence-electron chi connectivity index (χ2n) is 4.26. The fourth-order valence-corrected chi connectivity index (χ4v) is 1.69. The van der Waals surface area contributed by atoms with E-state index in [1.807, 2.05) is 18.2 Å². The molecule has 1 heterocycles. The number of carbonyl (C=O) groups excluding carboxylic acids is 1. The Morgan fingerprint density at radius 1 is 1.35 bits per heavy atom. The van der Waals surface area contributed by atoms with Crippen LogP contribution in [0.5, 0.6) is 0 Å². The molecule has 1 aromatic rings. The molecule has 1 aliphatic rings. The van der Waals surface area contributed by atoms with Crippen LogP contribution in [0.3, 0.4) is 0 Å². The minimum absolute atomic E-state index is 0.204. The maximum absolute atomic E-state index is 10.1. The van der Waals surface area contributed by atoms with Gasteiger partial charge in [-0.3, -0.25) is 4.79 Å². The molecule has 3 N–H and O–H groups in total. The molecule has 1 saturated heterocycles. The number of amides is 1. The molecule has 1 fully saturated rings. The van der Waals surface area contributed by atoms with Crippen LogP contribution in [0.15, 0.2) is 24.3 Å². The number of nitrogens with two attached hydrogens (primary N) is 1. The van der Waals surface area contributed by atoms with E-state index in [0.29, 0.717) is 0 Å². The molecule has 0 unspecified atom stereocenters. The van der Waals surface area contributed by atoms with Crippen molar-refractivity contribution >= 4 is 11.6 Å². The molecule has 0 spiro atoms. The number of carbonyl (C=O) groups is 1. The molecule has 0 aliphatic carbocycles. The van der Waals surface area contributed by atoms with Crippen molar-refractivity contribution in [3.05, 3.63) is 29.8 Å². The van der Waals surface area contributed by atoms with Crippen LogP contribution in [-0.2, 0) is 11.2 Å². The lowest BCUT2D eigenvalue weighted by Gasteiger charge is -2.02. The molecule has 0 saturated carbocycles. The summed E-state index contributed by atoms with van der Waals surface area (Å²) in [6.45, 7) is 3.08. The zero-order chi connectivity index (χ0) is 12.5. The van der Waals surface area contributed by atoms with Gasteiger partial charge in [-0.1, -0.05) is 31.5 Å². The Balaban J connectivity index is 0.000000202. The normalized spacial score (nSPS) is 13.8. The first-order valence-corrected chi connectivity index (χ1v) is 6.34. The molecular formula is C14H22N2O. The van der Waals surface area contributed by atoms with Gasteiger partial charge in [0.15, 0.2) is 0 Å². The van der Waals surface area contributed by atoms with E-state index >= 15 is 0 Å². The maximum atomic E-state index is 10.1. The van der Waals surface area contributed by atoms with Crippen molar-refractivity contribution in [1.82, 2.24) is 5.32 Å². The van der Waals surface area contributed by atoms with Gasteiger partial charge in [0.25, 0.3) is 0 Å². The fourth-order valence-electron chi connectivity index (χ4n) is 1.69. The van der Waals surface area contributed by atoms with Gasteiger partial charge in [-0.25, -0.2) is 0 Å². The third-order valence-corrected chi connectivity index (χ3v) is 2.76. The van der Waals surface area contributed by atoms with Crippen LogP contribution >= 0.6 is 0 Å². The monoisotopic (exact) mass is 234 g/mol. The summed E-state index contributed by atoms with van der Waals surface area (Å²) in [5, 5.41) is 2.68.